The highest BCUT2D eigenvalue weighted by Crippen LogP contribution is 2.57. The van der Waals surface area contributed by atoms with Gasteiger partial charge in [-0.05, 0) is 62.9 Å². The zero-order valence-corrected chi connectivity index (χ0v) is 18.6. The average Bonchev–Trinajstić information content (AvgIpc) is 3.02. The van der Waals surface area contributed by atoms with Gasteiger partial charge < -0.3 is 19.3 Å². The zero-order valence-electron chi connectivity index (χ0n) is 18.6. The Labute approximate surface area is 175 Å². The van der Waals surface area contributed by atoms with Crippen molar-refractivity contribution in [2.24, 2.45) is 29.6 Å². The van der Waals surface area contributed by atoms with Crippen molar-refractivity contribution in [3.05, 3.63) is 11.6 Å². The Morgan fingerprint density at radius 1 is 1.31 bits per heavy atom. The first-order chi connectivity index (χ1) is 13.7. The van der Waals surface area contributed by atoms with Gasteiger partial charge in [-0.3, -0.25) is 4.79 Å². The quantitative estimate of drug-likeness (QED) is 0.569. The lowest BCUT2D eigenvalue weighted by molar-refractivity contribution is -0.162. The molecular weight excluding hydrogens is 368 g/mol. The second kappa shape index (κ2) is 7.97. The maximum atomic E-state index is 12.5. The fourth-order valence-corrected chi connectivity index (χ4v) is 6.47. The summed E-state index contributed by atoms with van der Waals surface area (Å²) in [7, 11) is 0. The molecule has 5 nitrogen and oxygen atoms in total. The molecule has 5 heteroatoms. The Balaban J connectivity index is 1.77. The van der Waals surface area contributed by atoms with Gasteiger partial charge in [-0.25, -0.2) is 0 Å². The number of carbonyl (C=O) groups excluding carboxylic acids is 1. The number of fused-ring (bicyclic) bond motifs is 2. The van der Waals surface area contributed by atoms with E-state index in [0.29, 0.717) is 36.5 Å². The van der Waals surface area contributed by atoms with Crippen LogP contribution in [0.1, 0.15) is 66.7 Å². The summed E-state index contributed by atoms with van der Waals surface area (Å²) in [5.74, 6) is 1.58. The Morgan fingerprint density at radius 2 is 2.07 bits per heavy atom. The molecule has 1 saturated carbocycles. The molecule has 4 aliphatic rings. The molecule has 0 spiro atoms. The summed E-state index contributed by atoms with van der Waals surface area (Å²) >= 11 is 0. The smallest absolute Gasteiger partial charge is 0.306 e. The van der Waals surface area contributed by atoms with Crippen LogP contribution in [-0.2, 0) is 19.0 Å². The van der Waals surface area contributed by atoms with E-state index < -0.39 is 11.7 Å². The van der Waals surface area contributed by atoms with Gasteiger partial charge in [0.1, 0.15) is 6.10 Å². The first-order valence-electron chi connectivity index (χ1n) is 11.6. The first kappa shape index (κ1) is 21.3. The number of rotatable bonds is 3. The SMILES string of the molecule is CCCC(=O)OC1C(C)CC2C(C)COC3(C)CCC(O)C(C)=CC4OC3C2C41. The fourth-order valence-electron chi connectivity index (χ4n) is 6.47. The van der Waals surface area contributed by atoms with E-state index in [1.807, 2.05) is 13.8 Å². The third-order valence-corrected chi connectivity index (χ3v) is 8.15. The van der Waals surface area contributed by atoms with E-state index in [1.54, 1.807) is 0 Å². The van der Waals surface area contributed by atoms with Gasteiger partial charge in [-0.2, -0.15) is 0 Å². The predicted octanol–water partition coefficient (Wildman–Crippen LogP) is 3.88. The molecule has 3 aliphatic heterocycles. The fraction of sp³-hybridized carbons (Fsp3) is 0.875. The van der Waals surface area contributed by atoms with Gasteiger partial charge in [0.2, 0.25) is 0 Å². The molecule has 10 unspecified atom stereocenters. The molecule has 164 valence electrons. The Kier molecular flexibility index (Phi) is 5.86. The van der Waals surface area contributed by atoms with Gasteiger partial charge in [-0.1, -0.05) is 26.8 Å². The molecule has 29 heavy (non-hydrogen) atoms. The number of esters is 1. The predicted molar refractivity (Wildman–Crippen MR) is 110 cm³/mol. The highest BCUT2D eigenvalue weighted by Gasteiger charge is 2.62. The summed E-state index contributed by atoms with van der Waals surface area (Å²) in [5, 5.41) is 10.7. The van der Waals surface area contributed by atoms with E-state index in [9.17, 15) is 9.90 Å². The van der Waals surface area contributed by atoms with Gasteiger partial charge >= 0.3 is 5.97 Å². The summed E-state index contributed by atoms with van der Waals surface area (Å²) in [4.78, 5) is 12.5. The molecule has 0 aromatic carbocycles. The highest BCUT2D eigenvalue weighted by molar-refractivity contribution is 5.69. The molecule has 0 amide bonds. The molecule has 1 N–H and O–H groups in total. The maximum absolute atomic E-state index is 12.5. The third-order valence-electron chi connectivity index (χ3n) is 8.15. The lowest BCUT2D eigenvalue weighted by atomic mass is 9.59. The van der Waals surface area contributed by atoms with Crippen molar-refractivity contribution < 1.29 is 24.1 Å². The second-order valence-electron chi connectivity index (χ2n) is 10.3. The third kappa shape index (κ3) is 3.68. The molecule has 1 aliphatic carbocycles. The highest BCUT2D eigenvalue weighted by atomic mass is 16.6. The van der Waals surface area contributed by atoms with Gasteiger partial charge in [-0.15, -0.1) is 0 Å². The van der Waals surface area contributed by atoms with Crippen molar-refractivity contribution >= 4 is 5.97 Å². The first-order valence-corrected chi connectivity index (χ1v) is 11.6. The summed E-state index contributed by atoms with van der Waals surface area (Å²) < 4.78 is 19.3. The normalized spacial score (nSPS) is 49.3. The summed E-state index contributed by atoms with van der Waals surface area (Å²) in [5.41, 5.74) is 0.540. The molecule has 4 rings (SSSR count). The van der Waals surface area contributed by atoms with E-state index in [1.165, 1.54) is 0 Å². The minimum Gasteiger partial charge on any atom is -0.462 e. The monoisotopic (exact) mass is 406 g/mol. The number of carbonyl (C=O) groups is 1. The molecule has 3 fully saturated rings. The van der Waals surface area contributed by atoms with Crippen LogP contribution in [0, 0.1) is 29.6 Å². The van der Waals surface area contributed by atoms with Crippen molar-refractivity contribution in [2.75, 3.05) is 6.61 Å². The second-order valence-corrected chi connectivity index (χ2v) is 10.3. The van der Waals surface area contributed by atoms with Crippen LogP contribution in [0.2, 0.25) is 0 Å². The van der Waals surface area contributed by atoms with Crippen LogP contribution in [-0.4, -0.2) is 47.7 Å². The van der Waals surface area contributed by atoms with Crippen molar-refractivity contribution in [1.29, 1.82) is 0 Å². The number of aliphatic hydroxyl groups excluding tert-OH is 1. The van der Waals surface area contributed by atoms with Crippen molar-refractivity contribution in [1.82, 2.24) is 0 Å². The number of hydrogen-bond donors (Lipinski definition) is 1. The van der Waals surface area contributed by atoms with Crippen LogP contribution in [0.5, 0.6) is 0 Å². The van der Waals surface area contributed by atoms with Crippen LogP contribution in [0.15, 0.2) is 11.6 Å². The lowest BCUT2D eigenvalue weighted by Crippen LogP contribution is -2.52. The summed E-state index contributed by atoms with van der Waals surface area (Å²) in [6, 6.07) is 0. The Bertz CT molecular complexity index is 660. The maximum Gasteiger partial charge on any atom is 0.306 e. The Morgan fingerprint density at radius 3 is 2.79 bits per heavy atom. The van der Waals surface area contributed by atoms with E-state index in [4.69, 9.17) is 14.2 Å². The molecule has 0 radical (unpaired) electrons. The number of ether oxygens (including phenoxy) is 3. The van der Waals surface area contributed by atoms with Gasteiger partial charge in [0.05, 0.1) is 30.5 Å². The minimum atomic E-state index is -0.476. The standard InChI is InChI=1S/C24H38O5/c1-6-7-19(26)29-22-14(3)10-16-15(4)12-27-24(5)9-8-17(25)13(2)11-18-21(22)20(16)23(24)28-18/h11,14-18,20-23,25H,6-10,12H2,1-5H3. The van der Waals surface area contributed by atoms with Gasteiger partial charge in [0, 0.05) is 18.3 Å². The van der Waals surface area contributed by atoms with Crippen molar-refractivity contribution in [2.45, 2.75) is 96.7 Å². The zero-order chi connectivity index (χ0) is 20.9. The molecule has 0 aromatic heterocycles. The molecule has 2 saturated heterocycles. The van der Waals surface area contributed by atoms with Crippen LogP contribution in [0.4, 0.5) is 0 Å². The van der Waals surface area contributed by atoms with Gasteiger partial charge in [0.15, 0.2) is 0 Å². The van der Waals surface area contributed by atoms with E-state index >= 15 is 0 Å². The molecule has 2 bridgehead atoms. The number of hydrogen-bond acceptors (Lipinski definition) is 5. The van der Waals surface area contributed by atoms with Crippen LogP contribution >= 0.6 is 0 Å². The molecular formula is C24H38O5. The summed E-state index contributed by atoms with van der Waals surface area (Å²) in [6.45, 7) is 11.4. The van der Waals surface area contributed by atoms with Crippen molar-refractivity contribution in [3.63, 3.8) is 0 Å². The molecule has 3 heterocycles. The Hall–Kier alpha value is -0.910. The van der Waals surface area contributed by atoms with Gasteiger partial charge in [0.25, 0.3) is 0 Å². The largest absolute Gasteiger partial charge is 0.462 e. The molecule has 10 atom stereocenters. The minimum absolute atomic E-state index is 0.0262. The van der Waals surface area contributed by atoms with E-state index in [-0.39, 0.29) is 30.2 Å². The summed E-state index contributed by atoms with van der Waals surface area (Å²) in [6.07, 6.45) is 5.09. The topological polar surface area (TPSA) is 65.0 Å². The molecule has 0 aromatic rings. The average molecular weight is 407 g/mol. The van der Waals surface area contributed by atoms with Crippen LogP contribution < -0.4 is 0 Å². The lowest BCUT2D eigenvalue weighted by Gasteiger charge is -2.46. The van der Waals surface area contributed by atoms with E-state index in [2.05, 4.69) is 26.8 Å². The van der Waals surface area contributed by atoms with Crippen molar-refractivity contribution in [3.8, 4) is 0 Å². The van der Waals surface area contributed by atoms with Crippen LogP contribution in [0.3, 0.4) is 0 Å². The van der Waals surface area contributed by atoms with Crippen LogP contribution in [0.25, 0.3) is 0 Å². The number of aliphatic hydroxyl groups is 1. The van der Waals surface area contributed by atoms with E-state index in [0.717, 1.165) is 31.4 Å².